The molecule has 0 saturated carbocycles. The zero-order valence-corrected chi connectivity index (χ0v) is 14.1. The minimum absolute atomic E-state index is 0.0403. The number of thiol groups is 1. The lowest BCUT2D eigenvalue weighted by molar-refractivity contribution is 0.0138. The van der Waals surface area contributed by atoms with Crippen molar-refractivity contribution < 1.29 is 14.2 Å². The highest BCUT2D eigenvalue weighted by Gasteiger charge is 1.96. The van der Waals surface area contributed by atoms with E-state index in [1.54, 1.807) is 4.68 Å². The van der Waals surface area contributed by atoms with Gasteiger partial charge in [-0.25, -0.2) is 15.8 Å². The molecular weight excluding hydrogens is 292 g/mol. The summed E-state index contributed by atoms with van der Waals surface area (Å²) in [4.78, 5) is 0. The molecule has 0 bridgehead atoms. The Kier molecular flexibility index (Phi) is 10.4. The van der Waals surface area contributed by atoms with Gasteiger partial charge in [-0.15, -0.1) is 5.10 Å². The van der Waals surface area contributed by atoms with Gasteiger partial charge in [0.1, 0.15) is 0 Å². The molecule has 0 aliphatic rings. The van der Waals surface area contributed by atoms with Gasteiger partial charge in [0, 0.05) is 12.7 Å². The van der Waals surface area contributed by atoms with Gasteiger partial charge in [-0.05, 0) is 19.4 Å². The maximum absolute atomic E-state index is 5.46. The van der Waals surface area contributed by atoms with Gasteiger partial charge in [-0.3, -0.25) is 4.72 Å². The van der Waals surface area contributed by atoms with Crippen LogP contribution in [0, 0.1) is 6.92 Å². The van der Waals surface area contributed by atoms with Crippen LogP contribution < -0.4 is 4.72 Å². The first-order valence-corrected chi connectivity index (χ1v) is 9.43. The van der Waals surface area contributed by atoms with Gasteiger partial charge < -0.3 is 14.2 Å². The van der Waals surface area contributed by atoms with Crippen molar-refractivity contribution in [3.8, 4) is 0 Å². The Morgan fingerprint density at radius 3 is 2.24 bits per heavy atom. The summed E-state index contributed by atoms with van der Waals surface area (Å²) in [5.41, 5.74) is 0.919. The molecule has 21 heavy (non-hydrogen) atoms. The van der Waals surface area contributed by atoms with E-state index in [1.165, 1.54) is 0 Å². The standard InChI is InChI=1S/C13H28N4O3S/c1-13-12-17(16-15-13)5-7-19-9-11-20-10-8-18-6-4-14-21(2)3/h12,14,21H,4-11H2,1-3H3. The van der Waals surface area contributed by atoms with E-state index < -0.39 is 0 Å². The maximum Gasteiger partial charge on any atom is 0.0796 e. The van der Waals surface area contributed by atoms with Crippen molar-refractivity contribution >= 4 is 11.1 Å². The average molecular weight is 320 g/mol. The fourth-order valence-electron chi connectivity index (χ4n) is 1.55. The number of aromatic nitrogens is 3. The first-order valence-electron chi connectivity index (χ1n) is 7.19. The molecule has 0 atom stereocenters. The second-order valence-electron chi connectivity index (χ2n) is 4.76. The van der Waals surface area contributed by atoms with Crippen molar-refractivity contribution in [1.82, 2.24) is 19.7 Å². The molecule has 1 rings (SSSR count). The number of nitrogens with zero attached hydrogens (tertiary/aromatic N) is 3. The molecule has 0 aromatic carbocycles. The zero-order valence-electron chi connectivity index (χ0n) is 13.2. The highest BCUT2D eigenvalue weighted by molar-refractivity contribution is 8.14. The molecule has 1 N–H and O–H groups in total. The lowest BCUT2D eigenvalue weighted by atomic mass is 10.5. The van der Waals surface area contributed by atoms with E-state index in [1.807, 2.05) is 13.1 Å². The largest absolute Gasteiger partial charge is 0.378 e. The third-order valence-corrected chi connectivity index (χ3v) is 3.39. The fraction of sp³-hybridized carbons (Fsp3) is 0.846. The van der Waals surface area contributed by atoms with Crippen molar-refractivity contribution in [2.45, 2.75) is 13.5 Å². The van der Waals surface area contributed by atoms with Gasteiger partial charge in [0.15, 0.2) is 0 Å². The predicted octanol–water partition coefficient (Wildman–Crippen LogP) is 0.402. The molecule has 0 saturated heterocycles. The Morgan fingerprint density at radius 2 is 1.67 bits per heavy atom. The molecule has 0 aliphatic carbocycles. The summed E-state index contributed by atoms with van der Waals surface area (Å²) >= 11 is -0.0403. The van der Waals surface area contributed by atoms with Crippen LogP contribution >= 0.6 is 11.1 Å². The van der Waals surface area contributed by atoms with Crippen LogP contribution in [-0.2, 0) is 20.8 Å². The molecule has 7 nitrogen and oxygen atoms in total. The fourth-order valence-corrected chi connectivity index (χ4v) is 2.08. The normalized spacial score (nSPS) is 11.9. The second kappa shape index (κ2) is 11.9. The predicted molar refractivity (Wildman–Crippen MR) is 86.1 cm³/mol. The van der Waals surface area contributed by atoms with E-state index in [9.17, 15) is 0 Å². The lowest BCUT2D eigenvalue weighted by Gasteiger charge is -2.11. The minimum Gasteiger partial charge on any atom is -0.378 e. The van der Waals surface area contributed by atoms with E-state index in [0.29, 0.717) is 39.6 Å². The average Bonchev–Trinajstić information content (AvgIpc) is 2.85. The molecule has 0 spiro atoms. The Morgan fingerprint density at radius 1 is 1.05 bits per heavy atom. The van der Waals surface area contributed by atoms with Crippen LogP contribution in [0.1, 0.15) is 5.69 Å². The van der Waals surface area contributed by atoms with Crippen molar-refractivity contribution in [1.29, 1.82) is 0 Å². The number of hydrogen-bond donors (Lipinski definition) is 2. The van der Waals surface area contributed by atoms with Gasteiger partial charge in [-0.1, -0.05) is 5.21 Å². The minimum atomic E-state index is -0.0403. The molecule has 0 radical (unpaired) electrons. The molecule has 1 aromatic heterocycles. The smallest absolute Gasteiger partial charge is 0.0796 e. The molecule has 1 aromatic rings. The molecule has 8 heteroatoms. The number of hydrogen-bond acceptors (Lipinski definition) is 6. The molecule has 1 heterocycles. The molecule has 0 amide bonds. The number of ether oxygens (including phenoxy) is 3. The van der Waals surface area contributed by atoms with Crippen LogP contribution in [-0.4, -0.2) is 73.7 Å². The van der Waals surface area contributed by atoms with Crippen LogP contribution in [0.4, 0.5) is 0 Å². The third-order valence-electron chi connectivity index (χ3n) is 2.54. The van der Waals surface area contributed by atoms with Crippen molar-refractivity contribution in [3.63, 3.8) is 0 Å². The Labute approximate surface area is 129 Å². The summed E-state index contributed by atoms with van der Waals surface area (Å²) in [5, 5.41) is 7.86. The van der Waals surface area contributed by atoms with Crippen molar-refractivity contribution in [2.24, 2.45) is 0 Å². The Bertz CT molecular complexity index is 363. The summed E-state index contributed by atoms with van der Waals surface area (Å²) in [5.74, 6) is 0. The van der Waals surface area contributed by atoms with E-state index in [4.69, 9.17) is 14.2 Å². The van der Waals surface area contributed by atoms with E-state index >= 15 is 0 Å². The first kappa shape index (κ1) is 18.4. The summed E-state index contributed by atoms with van der Waals surface area (Å²) in [7, 11) is 0. The quantitative estimate of drug-likeness (QED) is 0.405. The number of aryl methyl sites for hydroxylation is 1. The lowest BCUT2D eigenvalue weighted by Crippen LogP contribution is -2.17. The third kappa shape index (κ3) is 10.7. The topological polar surface area (TPSA) is 70.4 Å². The first-order chi connectivity index (χ1) is 10.2. The maximum atomic E-state index is 5.46. The Hall–Kier alpha value is -0.670. The molecule has 0 fully saturated rings. The van der Waals surface area contributed by atoms with Crippen LogP contribution in [0.25, 0.3) is 0 Å². The zero-order chi connectivity index (χ0) is 15.3. The summed E-state index contributed by atoms with van der Waals surface area (Å²) < 4.78 is 21.4. The van der Waals surface area contributed by atoms with Crippen molar-refractivity contribution in [3.05, 3.63) is 11.9 Å². The van der Waals surface area contributed by atoms with Gasteiger partial charge >= 0.3 is 0 Å². The highest BCUT2D eigenvalue weighted by atomic mass is 32.2. The molecule has 124 valence electrons. The highest BCUT2D eigenvalue weighted by Crippen LogP contribution is 2.03. The van der Waals surface area contributed by atoms with Crippen LogP contribution in [0.3, 0.4) is 0 Å². The van der Waals surface area contributed by atoms with Crippen LogP contribution in [0.2, 0.25) is 0 Å². The number of rotatable bonds is 13. The van der Waals surface area contributed by atoms with Gasteiger partial charge in [-0.2, -0.15) is 0 Å². The van der Waals surface area contributed by atoms with Gasteiger partial charge in [0.25, 0.3) is 0 Å². The van der Waals surface area contributed by atoms with Crippen LogP contribution in [0.15, 0.2) is 6.20 Å². The Balaban J connectivity index is 1.76. The molecule has 0 unspecified atom stereocenters. The summed E-state index contributed by atoms with van der Waals surface area (Å²) in [6.45, 7) is 7.31. The van der Waals surface area contributed by atoms with Gasteiger partial charge in [0.2, 0.25) is 0 Å². The van der Waals surface area contributed by atoms with E-state index in [2.05, 4.69) is 27.5 Å². The van der Waals surface area contributed by atoms with E-state index in [-0.39, 0.29) is 11.1 Å². The van der Waals surface area contributed by atoms with Crippen LogP contribution in [0.5, 0.6) is 0 Å². The SMILES string of the molecule is Cc1cn(CCOCCOCCOCCN[SH](C)C)nn1. The summed E-state index contributed by atoms with van der Waals surface area (Å²) in [6.07, 6.45) is 6.26. The summed E-state index contributed by atoms with van der Waals surface area (Å²) in [6, 6.07) is 0. The number of nitrogens with one attached hydrogen (secondary N) is 1. The second-order valence-corrected chi connectivity index (χ2v) is 6.87. The van der Waals surface area contributed by atoms with Gasteiger partial charge in [0.05, 0.1) is 51.9 Å². The van der Waals surface area contributed by atoms with E-state index in [0.717, 1.165) is 18.8 Å². The molecule has 0 aliphatic heterocycles. The monoisotopic (exact) mass is 320 g/mol. The van der Waals surface area contributed by atoms with Crippen molar-refractivity contribution in [2.75, 3.05) is 58.7 Å². The molecular formula is C13H28N4O3S.